The number of nitrogens with one attached hydrogen (secondary N) is 1. The number of halogens is 1. The third-order valence-electron chi connectivity index (χ3n) is 2.83. The molecule has 18 heavy (non-hydrogen) atoms. The van der Waals surface area contributed by atoms with Crippen LogP contribution < -0.4 is 5.32 Å². The average molecular weight is 267 g/mol. The number of nitrogens with zero attached hydrogens (tertiary/aromatic N) is 1. The summed E-state index contributed by atoms with van der Waals surface area (Å²) in [6.07, 6.45) is 1.86. The molecule has 1 aliphatic carbocycles. The summed E-state index contributed by atoms with van der Waals surface area (Å²) in [4.78, 5) is 25.0. The zero-order valence-electron chi connectivity index (χ0n) is 10.4. The van der Waals surface area contributed by atoms with Gasteiger partial charge >= 0.3 is 0 Å². The van der Waals surface area contributed by atoms with Crippen LogP contribution in [-0.4, -0.2) is 30.8 Å². The zero-order chi connectivity index (χ0) is 13.3. The van der Waals surface area contributed by atoms with Gasteiger partial charge in [-0.1, -0.05) is 11.6 Å². The van der Waals surface area contributed by atoms with Crippen LogP contribution in [0, 0.1) is 5.92 Å². The Balaban J connectivity index is 2.20. The lowest BCUT2D eigenvalue weighted by Gasteiger charge is -2.12. The summed E-state index contributed by atoms with van der Waals surface area (Å²) in [5, 5.41) is 3.21. The van der Waals surface area contributed by atoms with Crippen molar-refractivity contribution in [1.82, 2.24) is 4.90 Å². The van der Waals surface area contributed by atoms with E-state index < -0.39 is 0 Å². The summed E-state index contributed by atoms with van der Waals surface area (Å²) in [6, 6.07) is 4.89. The highest BCUT2D eigenvalue weighted by Crippen LogP contribution is 2.32. The van der Waals surface area contributed by atoms with Gasteiger partial charge in [0.1, 0.15) is 0 Å². The smallest absolute Gasteiger partial charge is 0.253 e. The molecule has 1 saturated carbocycles. The minimum absolute atomic E-state index is 0.0219. The SMILES string of the molecule is CN(C)C(=O)c1ccc(Cl)c(NC(=O)C2CC2)c1. The lowest BCUT2D eigenvalue weighted by Crippen LogP contribution is -2.22. The maximum atomic E-state index is 11.8. The quantitative estimate of drug-likeness (QED) is 0.913. The highest BCUT2D eigenvalue weighted by molar-refractivity contribution is 6.34. The van der Waals surface area contributed by atoms with Crippen LogP contribution in [-0.2, 0) is 4.79 Å². The maximum Gasteiger partial charge on any atom is 0.253 e. The second-order valence-electron chi connectivity index (χ2n) is 4.66. The average Bonchev–Trinajstić information content (AvgIpc) is 3.14. The fourth-order valence-corrected chi connectivity index (χ4v) is 1.76. The Labute approximate surface area is 111 Å². The van der Waals surface area contributed by atoms with Crippen LogP contribution >= 0.6 is 11.6 Å². The van der Waals surface area contributed by atoms with E-state index in [-0.39, 0.29) is 17.7 Å². The van der Waals surface area contributed by atoms with Crippen molar-refractivity contribution in [2.24, 2.45) is 5.92 Å². The Morgan fingerprint density at radius 2 is 2.00 bits per heavy atom. The van der Waals surface area contributed by atoms with E-state index >= 15 is 0 Å². The van der Waals surface area contributed by atoms with Gasteiger partial charge in [-0.05, 0) is 31.0 Å². The number of rotatable bonds is 3. The van der Waals surface area contributed by atoms with E-state index in [1.165, 1.54) is 4.90 Å². The number of anilines is 1. The maximum absolute atomic E-state index is 11.8. The molecule has 0 aliphatic heterocycles. The molecule has 1 fully saturated rings. The first kappa shape index (κ1) is 12.9. The molecule has 2 rings (SSSR count). The van der Waals surface area contributed by atoms with Crippen molar-refractivity contribution in [3.63, 3.8) is 0 Å². The molecule has 0 bridgehead atoms. The normalized spacial score (nSPS) is 14.2. The number of hydrogen-bond donors (Lipinski definition) is 1. The predicted octanol–water partition coefficient (Wildman–Crippen LogP) is 2.39. The van der Waals surface area contributed by atoms with E-state index in [0.717, 1.165) is 12.8 Å². The van der Waals surface area contributed by atoms with Gasteiger partial charge in [-0.3, -0.25) is 9.59 Å². The molecule has 0 unspecified atom stereocenters. The van der Waals surface area contributed by atoms with Gasteiger partial charge in [-0.25, -0.2) is 0 Å². The zero-order valence-corrected chi connectivity index (χ0v) is 11.1. The highest BCUT2D eigenvalue weighted by Gasteiger charge is 2.30. The van der Waals surface area contributed by atoms with E-state index in [1.54, 1.807) is 32.3 Å². The minimum atomic E-state index is -0.117. The third kappa shape index (κ3) is 2.82. The Hall–Kier alpha value is -1.55. The van der Waals surface area contributed by atoms with Gasteiger partial charge in [-0.15, -0.1) is 0 Å². The van der Waals surface area contributed by atoms with Crippen LogP contribution in [0.25, 0.3) is 0 Å². The fourth-order valence-electron chi connectivity index (χ4n) is 1.59. The largest absolute Gasteiger partial charge is 0.345 e. The van der Waals surface area contributed by atoms with Crippen molar-refractivity contribution >= 4 is 29.1 Å². The fraction of sp³-hybridized carbons (Fsp3) is 0.385. The van der Waals surface area contributed by atoms with Gasteiger partial charge in [0.2, 0.25) is 5.91 Å². The second-order valence-corrected chi connectivity index (χ2v) is 5.06. The van der Waals surface area contributed by atoms with Crippen molar-refractivity contribution < 1.29 is 9.59 Å². The monoisotopic (exact) mass is 266 g/mol. The molecule has 5 heteroatoms. The van der Waals surface area contributed by atoms with E-state index in [4.69, 9.17) is 11.6 Å². The first-order valence-corrected chi connectivity index (χ1v) is 6.19. The third-order valence-corrected chi connectivity index (χ3v) is 3.16. The van der Waals surface area contributed by atoms with Crippen LogP contribution in [0.1, 0.15) is 23.2 Å². The van der Waals surface area contributed by atoms with Gasteiger partial charge in [0.05, 0.1) is 10.7 Å². The molecule has 0 aromatic heterocycles. The van der Waals surface area contributed by atoms with Crippen molar-refractivity contribution in [2.75, 3.05) is 19.4 Å². The first-order valence-electron chi connectivity index (χ1n) is 5.81. The van der Waals surface area contributed by atoms with Crippen LogP contribution in [0.3, 0.4) is 0 Å². The van der Waals surface area contributed by atoms with E-state index in [1.807, 2.05) is 0 Å². The van der Waals surface area contributed by atoms with Crippen molar-refractivity contribution in [1.29, 1.82) is 0 Å². The lowest BCUT2D eigenvalue weighted by molar-refractivity contribution is -0.117. The van der Waals surface area contributed by atoms with Crippen LogP contribution in [0.15, 0.2) is 18.2 Å². The molecular formula is C13H15ClN2O2. The van der Waals surface area contributed by atoms with Gasteiger partial charge in [0.15, 0.2) is 0 Å². The topological polar surface area (TPSA) is 49.4 Å². The second kappa shape index (κ2) is 4.98. The molecule has 0 radical (unpaired) electrons. The van der Waals surface area contributed by atoms with Crippen molar-refractivity contribution in [2.45, 2.75) is 12.8 Å². The highest BCUT2D eigenvalue weighted by atomic mass is 35.5. The number of carbonyl (C=O) groups excluding carboxylic acids is 2. The molecule has 1 aromatic rings. The Morgan fingerprint density at radius 3 is 2.56 bits per heavy atom. The molecule has 96 valence electrons. The number of carbonyl (C=O) groups is 2. The first-order chi connectivity index (χ1) is 8.49. The standard InChI is InChI=1S/C13H15ClN2O2/c1-16(2)13(18)9-5-6-10(14)11(7-9)15-12(17)8-3-4-8/h5-8H,3-4H2,1-2H3,(H,15,17). The van der Waals surface area contributed by atoms with Gasteiger partial charge in [0, 0.05) is 25.6 Å². The van der Waals surface area contributed by atoms with E-state index in [9.17, 15) is 9.59 Å². The number of hydrogen-bond acceptors (Lipinski definition) is 2. The molecule has 1 aliphatic rings. The number of amides is 2. The number of benzene rings is 1. The predicted molar refractivity (Wildman–Crippen MR) is 70.8 cm³/mol. The molecule has 1 aromatic carbocycles. The molecule has 2 amide bonds. The summed E-state index contributed by atoms with van der Waals surface area (Å²) >= 11 is 6.01. The Morgan fingerprint density at radius 1 is 1.33 bits per heavy atom. The molecule has 4 nitrogen and oxygen atoms in total. The van der Waals surface area contributed by atoms with Crippen LogP contribution in [0.4, 0.5) is 5.69 Å². The summed E-state index contributed by atoms with van der Waals surface area (Å²) in [5.41, 5.74) is 1.01. The Bertz CT molecular complexity index is 496. The van der Waals surface area contributed by atoms with Crippen molar-refractivity contribution in [3.8, 4) is 0 Å². The van der Waals surface area contributed by atoms with Crippen LogP contribution in [0.5, 0.6) is 0 Å². The minimum Gasteiger partial charge on any atom is -0.345 e. The van der Waals surface area contributed by atoms with E-state index in [0.29, 0.717) is 16.3 Å². The summed E-state index contributed by atoms with van der Waals surface area (Å²) < 4.78 is 0. The van der Waals surface area contributed by atoms with Gasteiger partial charge in [0.25, 0.3) is 5.91 Å². The van der Waals surface area contributed by atoms with Crippen LogP contribution in [0.2, 0.25) is 5.02 Å². The molecular weight excluding hydrogens is 252 g/mol. The van der Waals surface area contributed by atoms with Gasteiger partial charge < -0.3 is 10.2 Å². The summed E-state index contributed by atoms with van der Waals surface area (Å²) in [7, 11) is 3.36. The molecule has 0 spiro atoms. The lowest BCUT2D eigenvalue weighted by atomic mass is 10.1. The molecule has 0 saturated heterocycles. The van der Waals surface area contributed by atoms with E-state index in [2.05, 4.69) is 5.32 Å². The molecule has 0 heterocycles. The molecule has 1 N–H and O–H groups in total. The Kier molecular flexibility index (Phi) is 3.57. The van der Waals surface area contributed by atoms with Gasteiger partial charge in [-0.2, -0.15) is 0 Å². The summed E-state index contributed by atoms with van der Waals surface area (Å²) in [6.45, 7) is 0. The summed E-state index contributed by atoms with van der Waals surface area (Å²) in [5.74, 6) is -0.0331. The molecule has 0 atom stereocenters. The van der Waals surface area contributed by atoms with Crippen molar-refractivity contribution in [3.05, 3.63) is 28.8 Å².